The second-order valence-electron chi connectivity index (χ2n) is 7.19. The predicted octanol–water partition coefficient (Wildman–Crippen LogP) is 5.33. The second-order valence-corrected chi connectivity index (χ2v) is 7.19. The van der Waals surface area contributed by atoms with Crippen molar-refractivity contribution in [2.45, 2.75) is 71.9 Å². The maximum atomic E-state index is 3.83. The summed E-state index contributed by atoms with van der Waals surface area (Å²) in [4.78, 5) is 0. The Morgan fingerprint density at radius 3 is 2.25 bits per heavy atom. The summed E-state index contributed by atoms with van der Waals surface area (Å²) >= 11 is 0. The quantitative estimate of drug-likeness (QED) is 0.764. The molecule has 1 heteroatoms. The molecule has 1 fully saturated rings. The molecule has 0 radical (unpaired) electrons. The molecule has 1 saturated carbocycles. The maximum absolute atomic E-state index is 3.83. The van der Waals surface area contributed by atoms with Gasteiger partial charge >= 0.3 is 0 Å². The standard InChI is InChI=1S/C19H31N/c1-5-19(3,4)17-11-13-18(14-12-17)20-15(2)16-9-7-6-8-10-16/h6-10,15,17-18,20H,5,11-14H2,1-4H3. The second kappa shape index (κ2) is 6.76. The number of hydrogen-bond acceptors (Lipinski definition) is 1. The Balaban J connectivity index is 1.83. The van der Waals surface area contributed by atoms with E-state index < -0.39 is 0 Å². The molecule has 1 aromatic carbocycles. The van der Waals surface area contributed by atoms with Gasteiger partial charge in [-0.3, -0.25) is 0 Å². The lowest BCUT2D eigenvalue weighted by molar-refractivity contribution is 0.134. The Hall–Kier alpha value is -0.820. The van der Waals surface area contributed by atoms with Crippen LogP contribution in [-0.4, -0.2) is 6.04 Å². The van der Waals surface area contributed by atoms with Gasteiger partial charge in [0.05, 0.1) is 0 Å². The fourth-order valence-electron chi connectivity index (χ4n) is 3.52. The first-order chi connectivity index (χ1) is 9.53. The molecule has 1 unspecified atom stereocenters. The van der Waals surface area contributed by atoms with Gasteiger partial charge in [-0.2, -0.15) is 0 Å². The van der Waals surface area contributed by atoms with Gasteiger partial charge in [-0.25, -0.2) is 0 Å². The van der Waals surface area contributed by atoms with E-state index in [4.69, 9.17) is 0 Å². The maximum Gasteiger partial charge on any atom is 0.0294 e. The summed E-state index contributed by atoms with van der Waals surface area (Å²) in [5.41, 5.74) is 1.93. The molecule has 20 heavy (non-hydrogen) atoms. The third-order valence-electron chi connectivity index (χ3n) is 5.53. The van der Waals surface area contributed by atoms with Crippen LogP contribution in [0.4, 0.5) is 0 Å². The Kier molecular flexibility index (Phi) is 5.26. The first-order valence-corrected chi connectivity index (χ1v) is 8.34. The third-order valence-corrected chi connectivity index (χ3v) is 5.53. The highest BCUT2D eigenvalue weighted by molar-refractivity contribution is 5.18. The third kappa shape index (κ3) is 3.85. The van der Waals surface area contributed by atoms with Crippen LogP contribution in [0.2, 0.25) is 0 Å². The highest BCUT2D eigenvalue weighted by Gasteiger charge is 2.31. The molecule has 0 amide bonds. The van der Waals surface area contributed by atoms with Gasteiger partial charge in [0, 0.05) is 12.1 Å². The average Bonchev–Trinajstić information content (AvgIpc) is 2.48. The molecule has 0 heterocycles. The SMILES string of the molecule is CCC(C)(C)C1CCC(NC(C)c2ccccc2)CC1. The molecule has 1 nitrogen and oxygen atoms in total. The fraction of sp³-hybridized carbons (Fsp3) is 0.684. The summed E-state index contributed by atoms with van der Waals surface area (Å²) in [6.07, 6.45) is 6.76. The number of nitrogens with one attached hydrogen (secondary N) is 1. The van der Waals surface area contributed by atoms with Crippen molar-refractivity contribution in [1.29, 1.82) is 0 Å². The number of rotatable bonds is 5. The minimum absolute atomic E-state index is 0.469. The van der Waals surface area contributed by atoms with Gasteiger partial charge in [0.15, 0.2) is 0 Å². The van der Waals surface area contributed by atoms with Crippen LogP contribution in [0, 0.1) is 11.3 Å². The first kappa shape index (κ1) is 15.6. The van der Waals surface area contributed by atoms with Gasteiger partial charge in [0.2, 0.25) is 0 Å². The Bertz CT molecular complexity index is 387. The van der Waals surface area contributed by atoms with Crippen LogP contribution < -0.4 is 5.32 Å². The monoisotopic (exact) mass is 273 g/mol. The van der Waals surface area contributed by atoms with Crippen molar-refractivity contribution in [3.63, 3.8) is 0 Å². The van der Waals surface area contributed by atoms with Crippen molar-refractivity contribution in [2.24, 2.45) is 11.3 Å². The molecule has 2 rings (SSSR count). The lowest BCUT2D eigenvalue weighted by Gasteiger charge is -2.39. The largest absolute Gasteiger partial charge is 0.307 e. The van der Waals surface area contributed by atoms with E-state index in [1.54, 1.807) is 0 Å². The van der Waals surface area contributed by atoms with E-state index in [0.29, 0.717) is 17.5 Å². The molecule has 0 aliphatic heterocycles. The van der Waals surface area contributed by atoms with Crippen molar-refractivity contribution in [3.05, 3.63) is 35.9 Å². The molecule has 1 aliphatic carbocycles. The molecule has 0 bridgehead atoms. The molecule has 0 spiro atoms. The van der Waals surface area contributed by atoms with Crippen LogP contribution in [0.25, 0.3) is 0 Å². The van der Waals surface area contributed by atoms with E-state index in [2.05, 4.69) is 63.3 Å². The topological polar surface area (TPSA) is 12.0 Å². The Morgan fingerprint density at radius 2 is 1.70 bits per heavy atom. The molecule has 1 atom stereocenters. The van der Waals surface area contributed by atoms with E-state index >= 15 is 0 Å². The highest BCUT2D eigenvalue weighted by Crippen LogP contribution is 2.40. The van der Waals surface area contributed by atoms with Gasteiger partial charge in [-0.15, -0.1) is 0 Å². The van der Waals surface area contributed by atoms with Crippen LogP contribution in [0.1, 0.15) is 71.4 Å². The van der Waals surface area contributed by atoms with Gasteiger partial charge in [0.25, 0.3) is 0 Å². The van der Waals surface area contributed by atoms with E-state index in [1.165, 1.54) is 37.7 Å². The minimum Gasteiger partial charge on any atom is -0.307 e. The van der Waals surface area contributed by atoms with Crippen molar-refractivity contribution in [1.82, 2.24) is 5.32 Å². The number of benzene rings is 1. The van der Waals surface area contributed by atoms with Crippen LogP contribution in [0.3, 0.4) is 0 Å². The van der Waals surface area contributed by atoms with Gasteiger partial charge in [0.1, 0.15) is 0 Å². The van der Waals surface area contributed by atoms with E-state index in [-0.39, 0.29) is 0 Å². The normalized spacial score (nSPS) is 25.4. The molecule has 0 aromatic heterocycles. The molecular formula is C19H31N. The van der Waals surface area contributed by atoms with Crippen LogP contribution in [0.5, 0.6) is 0 Å². The molecule has 0 saturated heterocycles. The Morgan fingerprint density at radius 1 is 1.10 bits per heavy atom. The van der Waals surface area contributed by atoms with E-state index in [0.717, 1.165) is 5.92 Å². The molecule has 1 aromatic rings. The number of hydrogen-bond donors (Lipinski definition) is 1. The lowest BCUT2D eigenvalue weighted by Crippen LogP contribution is -2.38. The van der Waals surface area contributed by atoms with E-state index in [9.17, 15) is 0 Å². The summed E-state index contributed by atoms with van der Waals surface area (Å²) in [5, 5.41) is 3.83. The molecule has 112 valence electrons. The summed E-state index contributed by atoms with van der Waals surface area (Å²) in [6, 6.07) is 12.0. The van der Waals surface area contributed by atoms with Gasteiger partial charge < -0.3 is 5.32 Å². The minimum atomic E-state index is 0.469. The van der Waals surface area contributed by atoms with Crippen LogP contribution >= 0.6 is 0 Å². The lowest BCUT2D eigenvalue weighted by atomic mass is 9.69. The van der Waals surface area contributed by atoms with Crippen molar-refractivity contribution in [3.8, 4) is 0 Å². The smallest absolute Gasteiger partial charge is 0.0294 e. The van der Waals surface area contributed by atoms with E-state index in [1.807, 2.05) is 0 Å². The summed E-state index contributed by atoms with van der Waals surface area (Å²) in [5.74, 6) is 0.914. The van der Waals surface area contributed by atoms with Gasteiger partial charge in [-0.05, 0) is 49.5 Å². The van der Waals surface area contributed by atoms with Gasteiger partial charge in [-0.1, -0.05) is 57.5 Å². The zero-order valence-corrected chi connectivity index (χ0v) is 13.7. The highest BCUT2D eigenvalue weighted by atomic mass is 14.9. The summed E-state index contributed by atoms with van der Waals surface area (Å²) in [7, 11) is 0. The van der Waals surface area contributed by atoms with Crippen molar-refractivity contribution >= 4 is 0 Å². The summed E-state index contributed by atoms with van der Waals surface area (Å²) < 4.78 is 0. The van der Waals surface area contributed by atoms with Crippen LogP contribution in [-0.2, 0) is 0 Å². The van der Waals surface area contributed by atoms with Crippen molar-refractivity contribution < 1.29 is 0 Å². The molecule has 1 aliphatic rings. The molecule has 1 N–H and O–H groups in total. The zero-order valence-electron chi connectivity index (χ0n) is 13.7. The predicted molar refractivity (Wildman–Crippen MR) is 87.8 cm³/mol. The Labute approximate surface area is 125 Å². The first-order valence-electron chi connectivity index (χ1n) is 8.34. The summed E-state index contributed by atoms with van der Waals surface area (Å²) in [6.45, 7) is 9.51. The zero-order chi connectivity index (χ0) is 14.6. The van der Waals surface area contributed by atoms with Crippen LogP contribution in [0.15, 0.2) is 30.3 Å². The van der Waals surface area contributed by atoms with Crippen molar-refractivity contribution in [2.75, 3.05) is 0 Å². The fourth-order valence-corrected chi connectivity index (χ4v) is 3.52. The average molecular weight is 273 g/mol. The molecular weight excluding hydrogens is 242 g/mol.